The van der Waals surface area contributed by atoms with Crippen LogP contribution in [0.3, 0.4) is 0 Å². The minimum Gasteiger partial charge on any atom is -0.306 e. The molecule has 0 unspecified atom stereocenters. The van der Waals surface area contributed by atoms with Gasteiger partial charge in [0, 0.05) is 51.0 Å². The first-order chi connectivity index (χ1) is 11.9. The summed E-state index contributed by atoms with van der Waals surface area (Å²) in [5.41, 5.74) is 1.02. The Morgan fingerprint density at radius 3 is 2.60 bits per heavy atom. The van der Waals surface area contributed by atoms with Crippen LogP contribution in [0.25, 0.3) is 0 Å². The predicted octanol–water partition coefficient (Wildman–Crippen LogP) is 0.586. The highest BCUT2D eigenvalue weighted by Crippen LogP contribution is 2.08. The summed E-state index contributed by atoms with van der Waals surface area (Å²) in [5, 5.41) is 4.37. The topological polar surface area (TPSA) is 76.3 Å². The largest absolute Gasteiger partial charge is 0.306 e. The molecule has 10 heteroatoms. The van der Waals surface area contributed by atoms with E-state index in [1.54, 1.807) is 17.2 Å². The molecule has 0 amide bonds. The number of sulfonamides is 1. The van der Waals surface area contributed by atoms with E-state index in [0.717, 1.165) is 18.7 Å². The van der Waals surface area contributed by atoms with E-state index < -0.39 is 10.0 Å². The van der Waals surface area contributed by atoms with Gasteiger partial charge in [-0.15, -0.1) is 0 Å². The Morgan fingerprint density at radius 1 is 1.20 bits per heavy atom. The maximum atomic E-state index is 11.6. The van der Waals surface area contributed by atoms with E-state index in [4.69, 9.17) is 12.2 Å². The molecule has 1 aliphatic heterocycles. The molecule has 0 spiro atoms. The predicted molar refractivity (Wildman–Crippen MR) is 97.0 cm³/mol. The summed E-state index contributed by atoms with van der Waals surface area (Å²) in [6.07, 6.45) is 5.59. The quantitative estimate of drug-likeness (QED) is 0.681. The number of hydrogen-bond donors (Lipinski definition) is 0. The third-order valence-corrected chi connectivity index (χ3v) is 6.01. The van der Waals surface area contributed by atoms with Crippen LogP contribution in [0.5, 0.6) is 0 Å². The zero-order valence-corrected chi connectivity index (χ0v) is 15.8. The maximum absolute atomic E-state index is 11.6. The molecule has 136 valence electrons. The number of aryl methyl sites for hydroxylation is 2. The molecule has 0 aliphatic carbocycles. The monoisotopic (exact) mass is 382 g/mol. The smallest absolute Gasteiger partial charge is 0.211 e. The highest BCUT2D eigenvalue weighted by atomic mass is 32.2. The van der Waals surface area contributed by atoms with Crippen LogP contribution in [0.4, 0.5) is 0 Å². The average molecular weight is 383 g/mol. The first-order valence-corrected chi connectivity index (χ1v) is 10.4. The second-order valence-corrected chi connectivity index (χ2v) is 8.45. The van der Waals surface area contributed by atoms with Crippen molar-refractivity contribution in [2.24, 2.45) is 0 Å². The van der Waals surface area contributed by atoms with Crippen molar-refractivity contribution in [1.82, 2.24) is 28.5 Å². The van der Waals surface area contributed by atoms with Crippen LogP contribution in [0.1, 0.15) is 5.69 Å². The highest BCUT2D eigenvalue weighted by Gasteiger charge is 2.23. The molecule has 2 aromatic heterocycles. The number of pyridine rings is 1. The fourth-order valence-corrected chi connectivity index (χ4v) is 3.87. The summed E-state index contributed by atoms with van der Waals surface area (Å²) in [5.74, 6) is 0. The average Bonchev–Trinajstić information content (AvgIpc) is 2.94. The molecule has 0 radical (unpaired) electrons. The zero-order valence-electron chi connectivity index (χ0n) is 14.2. The molecular formula is C15H22N6O2S2. The lowest BCUT2D eigenvalue weighted by molar-refractivity contribution is 0.145. The van der Waals surface area contributed by atoms with Crippen LogP contribution in [0, 0.1) is 4.77 Å². The van der Waals surface area contributed by atoms with Gasteiger partial charge < -0.3 is 4.57 Å². The van der Waals surface area contributed by atoms with Gasteiger partial charge in [-0.05, 0) is 24.4 Å². The molecule has 1 saturated heterocycles. The SMILES string of the molecule is CS(=O)(=O)N1CCN(Cn2ncn(CCc3ccccn3)c2=S)CC1. The fourth-order valence-electron chi connectivity index (χ4n) is 2.80. The Kier molecular flexibility index (Phi) is 5.62. The lowest BCUT2D eigenvalue weighted by Gasteiger charge is -2.32. The van der Waals surface area contributed by atoms with Crippen LogP contribution < -0.4 is 0 Å². The zero-order chi connectivity index (χ0) is 17.9. The van der Waals surface area contributed by atoms with E-state index in [9.17, 15) is 8.42 Å². The first-order valence-electron chi connectivity index (χ1n) is 8.13. The minimum atomic E-state index is -3.11. The normalized spacial score (nSPS) is 17.0. The van der Waals surface area contributed by atoms with Crippen molar-refractivity contribution < 1.29 is 8.42 Å². The van der Waals surface area contributed by atoms with E-state index in [1.807, 2.05) is 22.8 Å². The van der Waals surface area contributed by atoms with E-state index in [2.05, 4.69) is 15.0 Å². The second kappa shape index (κ2) is 7.73. The molecule has 2 aromatic rings. The number of hydrogen-bond acceptors (Lipinski definition) is 6. The minimum absolute atomic E-state index is 0.506. The van der Waals surface area contributed by atoms with Crippen LogP contribution in [0.2, 0.25) is 0 Å². The molecule has 3 rings (SSSR count). The molecule has 1 aliphatic rings. The number of nitrogens with zero attached hydrogens (tertiary/aromatic N) is 6. The van der Waals surface area contributed by atoms with Crippen molar-refractivity contribution in [2.75, 3.05) is 32.4 Å². The third kappa shape index (κ3) is 4.72. The molecule has 0 saturated carbocycles. The van der Waals surface area contributed by atoms with Gasteiger partial charge in [-0.1, -0.05) is 6.07 Å². The molecule has 0 N–H and O–H groups in total. The van der Waals surface area contributed by atoms with Crippen molar-refractivity contribution in [3.8, 4) is 0 Å². The number of piperazine rings is 1. The summed E-state index contributed by atoms with van der Waals surface area (Å²) in [7, 11) is -3.11. The van der Waals surface area contributed by atoms with E-state index >= 15 is 0 Å². The Balaban J connectivity index is 1.56. The molecule has 0 bridgehead atoms. The number of aromatic nitrogens is 4. The molecule has 0 atom stereocenters. The second-order valence-electron chi connectivity index (χ2n) is 6.10. The van der Waals surface area contributed by atoms with Gasteiger partial charge in [0.15, 0.2) is 4.77 Å². The van der Waals surface area contributed by atoms with Gasteiger partial charge >= 0.3 is 0 Å². The van der Waals surface area contributed by atoms with Crippen LogP contribution in [-0.2, 0) is 29.7 Å². The standard InChI is InChI=1S/C15H22N6O2S2/c1-25(22,23)20-10-8-18(9-11-20)13-21-15(24)19(12-17-21)7-5-14-4-2-3-6-16-14/h2-4,6,12H,5,7-11,13H2,1H3. The van der Waals surface area contributed by atoms with E-state index in [-0.39, 0.29) is 0 Å². The van der Waals surface area contributed by atoms with Gasteiger partial charge in [0.05, 0.1) is 12.9 Å². The van der Waals surface area contributed by atoms with Crippen LogP contribution in [-0.4, -0.2) is 69.4 Å². The Labute approximate surface area is 152 Å². The maximum Gasteiger partial charge on any atom is 0.211 e. The van der Waals surface area contributed by atoms with E-state index in [0.29, 0.717) is 37.6 Å². The van der Waals surface area contributed by atoms with Gasteiger partial charge in [-0.3, -0.25) is 9.88 Å². The van der Waals surface area contributed by atoms with Gasteiger partial charge in [-0.2, -0.15) is 9.40 Å². The van der Waals surface area contributed by atoms with Gasteiger partial charge in [0.25, 0.3) is 0 Å². The first kappa shape index (κ1) is 18.2. The molecular weight excluding hydrogens is 360 g/mol. The highest BCUT2D eigenvalue weighted by molar-refractivity contribution is 7.88. The van der Waals surface area contributed by atoms with Crippen LogP contribution in [0.15, 0.2) is 30.7 Å². The van der Waals surface area contributed by atoms with E-state index in [1.165, 1.54) is 10.6 Å². The Hall–Kier alpha value is -1.62. The van der Waals surface area contributed by atoms with Crippen molar-refractivity contribution in [1.29, 1.82) is 0 Å². The third-order valence-electron chi connectivity index (χ3n) is 4.27. The van der Waals surface area contributed by atoms with Gasteiger partial charge in [0.2, 0.25) is 10.0 Å². The Morgan fingerprint density at radius 2 is 1.96 bits per heavy atom. The molecule has 0 aromatic carbocycles. The summed E-state index contributed by atoms with van der Waals surface area (Å²) in [4.78, 5) is 6.47. The summed E-state index contributed by atoms with van der Waals surface area (Å²) < 4.78 is 29.0. The lowest BCUT2D eigenvalue weighted by atomic mass is 10.3. The van der Waals surface area contributed by atoms with Gasteiger partial charge in [0.1, 0.15) is 6.33 Å². The summed E-state index contributed by atoms with van der Waals surface area (Å²) in [6.45, 7) is 3.68. The molecule has 1 fully saturated rings. The fraction of sp³-hybridized carbons (Fsp3) is 0.533. The van der Waals surface area contributed by atoms with Crippen molar-refractivity contribution in [3.63, 3.8) is 0 Å². The van der Waals surface area contributed by atoms with Crippen molar-refractivity contribution in [2.45, 2.75) is 19.6 Å². The van der Waals surface area contributed by atoms with Crippen molar-refractivity contribution in [3.05, 3.63) is 41.2 Å². The van der Waals surface area contributed by atoms with Crippen LogP contribution >= 0.6 is 12.2 Å². The van der Waals surface area contributed by atoms with Crippen molar-refractivity contribution >= 4 is 22.2 Å². The number of rotatable bonds is 6. The lowest BCUT2D eigenvalue weighted by Crippen LogP contribution is -2.48. The van der Waals surface area contributed by atoms with Gasteiger partial charge in [-0.25, -0.2) is 13.1 Å². The Bertz CT molecular complexity index is 854. The molecule has 8 nitrogen and oxygen atoms in total. The summed E-state index contributed by atoms with van der Waals surface area (Å²) >= 11 is 5.50. The summed E-state index contributed by atoms with van der Waals surface area (Å²) in [6, 6.07) is 5.87. The molecule has 3 heterocycles. The molecule has 25 heavy (non-hydrogen) atoms.